The Balaban J connectivity index is 1.54. The average molecular weight is 404 g/mol. The van der Waals surface area contributed by atoms with Crippen molar-refractivity contribution in [3.8, 4) is 0 Å². The van der Waals surface area contributed by atoms with Gasteiger partial charge in [0, 0.05) is 45.6 Å². The van der Waals surface area contributed by atoms with E-state index in [1.807, 2.05) is 0 Å². The quantitative estimate of drug-likeness (QED) is 0.713. The molecule has 3 aliphatic rings. The average Bonchev–Trinajstić information content (AvgIpc) is 3.09. The third-order valence-corrected chi connectivity index (χ3v) is 7.73. The van der Waals surface area contributed by atoms with Crippen LogP contribution in [0.4, 0.5) is 0 Å². The first-order chi connectivity index (χ1) is 12.8. The summed E-state index contributed by atoms with van der Waals surface area (Å²) in [5, 5.41) is 2.96. The van der Waals surface area contributed by atoms with E-state index in [1.165, 1.54) is 8.61 Å². The molecule has 0 unspecified atom stereocenters. The van der Waals surface area contributed by atoms with Crippen LogP contribution in [0.25, 0.3) is 0 Å². The Labute approximate surface area is 162 Å². The van der Waals surface area contributed by atoms with E-state index in [-0.39, 0.29) is 18.4 Å². The Morgan fingerprint density at radius 3 is 2.44 bits per heavy atom. The van der Waals surface area contributed by atoms with Crippen molar-refractivity contribution in [3.63, 3.8) is 0 Å². The Hall–Kier alpha value is -0.740. The molecule has 1 amide bonds. The summed E-state index contributed by atoms with van der Waals surface area (Å²) in [7, 11) is -3.56. The molecule has 1 N–H and O–H groups in total. The highest BCUT2D eigenvalue weighted by molar-refractivity contribution is 7.86. The van der Waals surface area contributed by atoms with Crippen molar-refractivity contribution in [2.45, 2.75) is 51.7 Å². The summed E-state index contributed by atoms with van der Waals surface area (Å²) < 4.78 is 40.5. The minimum atomic E-state index is -3.56. The van der Waals surface area contributed by atoms with E-state index in [0.717, 1.165) is 12.8 Å². The number of nitrogens with one attached hydrogen (secondary N) is 1. The van der Waals surface area contributed by atoms with E-state index in [4.69, 9.17) is 9.47 Å². The van der Waals surface area contributed by atoms with Crippen LogP contribution < -0.4 is 5.32 Å². The molecule has 0 aliphatic carbocycles. The third-order valence-electron chi connectivity index (χ3n) is 5.73. The summed E-state index contributed by atoms with van der Waals surface area (Å²) in [6.45, 7) is 7.56. The van der Waals surface area contributed by atoms with Gasteiger partial charge in [-0.3, -0.25) is 4.79 Å². The van der Waals surface area contributed by atoms with E-state index in [1.54, 1.807) is 0 Å². The number of nitrogens with zero attached hydrogens (tertiary/aromatic N) is 2. The van der Waals surface area contributed by atoms with Crippen molar-refractivity contribution in [3.05, 3.63) is 0 Å². The van der Waals surface area contributed by atoms with Gasteiger partial charge in [-0.1, -0.05) is 13.8 Å². The Bertz CT molecular complexity index is 608. The fourth-order valence-electron chi connectivity index (χ4n) is 4.00. The van der Waals surface area contributed by atoms with Gasteiger partial charge in [0.25, 0.3) is 10.2 Å². The Kier molecular flexibility index (Phi) is 6.79. The van der Waals surface area contributed by atoms with Crippen LogP contribution in [-0.4, -0.2) is 74.7 Å². The van der Waals surface area contributed by atoms with E-state index in [0.29, 0.717) is 64.6 Å². The van der Waals surface area contributed by atoms with Crippen LogP contribution in [0.2, 0.25) is 0 Å². The van der Waals surface area contributed by atoms with Crippen LogP contribution in [0.15, 0.2) is 0 Å². The van der Waals surface area contributed by atoms with Gasteiger partial charge in [0.2, 0.25) is 5.91 Å². The van der Waals surface area contributed by atoms with Crippen molar-refractivity contribution in [2.75, 3.05) is 45.9 Å². The van der Waals surface area contributed by atoms with Gasteiger partial charge in [-0.2, -0.15) is 17.0 Å². The highest BCUT2D eigenvalue weighted by atomic mass is 32.2. The maximum Gasteiger partial charge on any atom is 0.282 e. The van der Waals surface area contributed by atoms with Gasteiger partial charge >= 0.3 is 0 Å². The molecule has 3 heterocycles. The van der Waals surface area contributed by atoms with Crippen LogP contribution in [0, 0.1) is 11.8 Å². The largest absolute Gasteiger partial charge is 0.356 e. The molecular formula is C18H33N3O5S. The first-order valence-corrected chi connectivity index (χ1v) is 11.5. The van der Waals surface area contributed by atoms with Gasteiger partial charge < -0.3 is 14.8 Å². The number of piperidine rings is 2. The highest BCUT2D eigenvalue weighted by Gasteiger charge is 2.44. The maximum atomic E-state index is 13.1. The van der Waals surface area contributed by atoms with Crippen molar-refractivity contribution >= 4 is 16.1 Å². The summed E-state index contributed by atoms with van der Waals surface area (Å²) in [5.41, 5.74) is 0. The van der Waals surface area contributed by atoms with Crippen LogP contribution in [-0.2, 0) is 24.5 Å². The van der Waals surface area contributed by atoms with Gasteiger partial charge in [0.15, 0.2) is 5.79 Å². The molecule has 3 aliphatic heterocycles. The summed E-state index contributed by atoms with van der Waals surface area (Å²) in [6.07, 6.45) is 3.49. The van der Waals surface area contributed by atoms with Crippen molar-refractivity contribution < 1.29 is 22.7 Å². The molecule has 8 nitrogen and oxygen atoms in total. The minimum absolute atomic E-state index is 0.0269. The lowest BCUT2D eigenvalue weighted by Crippen LogP contribution is -2.54. The number of amides is 1. The predicted octanol–water partition coefficient (Wildman–Crippen LogP) is 0.944. The van der Waals surface area contributed by atoms with Gasteiger partial charge in [0.1, 0.15) is 0 Å². The zero-order valence-electron chi connectivity index (χ0n) is 16.5. The number of ether oxygens (including phenoxy) is 2. The van der Waals surface area contributed by atoms with Crippen LogP contribution >= 0.6 is 0 Å². The van der Waals surface area contributed by atoms with Crippen LogP contribution in [0.5, 0.6) is 0 Å². The Morgan fingerprint density at radius 1 is 1.15 bits per heavy atom. The molecule has 27 heavy (non-hydrogen) atoms. The third kappa shape index (κ3) is 5.00. The lowest BCUT2D eigenvalue weighted by atomic mass is 9.98. The molecule has 0 aromatic rings. The molecule has 3 saturated heterocycles. The fourth-order valence-corrected chi connectivity index (χ4v) is 5.70. The van der Waals surface area contributed by atoms with Gasteiger partial charge in [0.05, 0.1) is 19.1 Å². The number of rotatable bonds is 6. The van der Waals surface area contributed by atoms with Crippen molar-refractivity contribution in [1.29, 1.82) is 0 Å². The first-order valence-electron chi connectivity index (χ1n) is 10.1. The molecule has 1 spiro atoms. The molecule has 9 heteroatoms. The molecule has 0 radical (unpaired) electrons. The second-order valence-electron chi connectivity index (χ2n) is 8.19. The van der Waals surface area contributed by atoms with E-state index in [2.05, 4.69) is 19.2 Å². The summed E-state index contributed by atoms with van der Waals surface area (Å²) >= 11 is 0. The smallest absolute Gasteiger partial charge is 0.282 e. The molecule has 3 rings (SSSR count). The van der Waals surface area contributed by atoms with Crippen molar-refractivity contribution in [1.82, 2.24) is 13.9 Å². The second-order valence-corrected chi connectivity index (χ2v) is 10.1. The fraction of sp³-hybridized carbons (Fsp3) is 0.944. The second kappa shape index (κ2) is 8.73. The molecule has 1 atom stereocenters. The van der Waals surface area contributed by atoms with E-state index in [9.17, 15) is 13.2 Å². The van der Waals surface area contributed by atoms with Gasteiger partial charge in [-0.15, -0.1) is 0 Å². The predicted molar refractivity (Wildman–Crippen MR) is 101 cm³/mol. The normalized spacial score (nSPS) is 27.3. The topological polar surface area (TPSA) is 88.2 Å². The maximum absolute atomic E-state index is 13.1. The standard InChI is InChI=1S/C18H33N3O5S/c1-15(2)5-8-19-17(22)16-4-3-9-21(14-16)27(23,24)20-10-6-18(7-11-20)25-12-13-26-18/h15-16H,3-14H2,1-2H3,(H,19,22)/t16-/m1/s1. The molecule has 0 aromatic carbocycles. The summed E-state index contributed by atoms with van der Waals surface area (Å²) in [5.74, 6) is -0.352. The van der Waals surface area contributed by atoms with Crippen molar-refractivity contribution in [2.24, 2.45) is 11.8 Å². The number of carbonyl (C=O) groups excluding carboxylic acids is 1. The van der Waals surface area contributed by atoms with E-state index >= 15 is 0 Å². The zero-order chi connectivity index (χ0) is 19.5. The molecule has 156 valence electrons. The number of carbonyl (C=O) groups is 1. The molecular weight excluding hydrogens is 370 g/mol. The summed E-state index contributed by atoms with van der Waals surface area (Å²) in [6, 6.07) is 0. The molecule has 0 bridgehead atoms. The monoisotopic (exact) mass is 403 g/mol. The number of hydrogen-bond donors (Lipinski definition) is 1. The van der Waals surface area contributed by atoms with Crippen LogP contribution in [0.1, 0.15) is 46.0 Å². The minimum Gasteiger partial charge on any atom is -0.356 e. The van der Waals surface area contributed by atoms with Gasteiger partial charge in [-0.05, 0) is 25.2 Å². The SMILES string of the molecule is CC(C)CCNC(=O)[C@@H]1CCCN(S(=O)(=O)N2CCC3(CC2)OCCO3)C1. The lowest BCUT2D eigenvalue weighted by molar-refractivity contribution is -0.179. The van der Waals surface area contributed by atoms with Gasteiger partial charge in [-0.25, -0.2) is 0 Å². The molecule has 0 saturated carbocycles. The summed E-state index contributed by atoms with van der Waals surface area (Å²) in [4.78, 5) is 12.4. The lowest BCUT2D eigenvalue weighted by Gasteiger charge is -2.40. The number of hydrogen-bond acceptors (Lipinski definition) is 5. The molecule has 3 fully saturated rings. The van der Waals surface area contributed by atoms with Crippen LogP contribution in [0.3, 0.4) is 0 Å². The molecule has 0 aromatic heterocycles. The Morgan fingerprint density at radius 2 is 1.81 bits per heavy atom. The zero-order valence-corrected chi connectivity index (χ0v) is 17.3. The highest BCUT2D eigenvalue weighted by Crippen LogP contribution is 2.33. The van der Waals surface area contributed by atoms with E-state index < -0.39 is 16.0 Å². The first kappa shape index (κ1) is 21.0.